The third-order valence-electron chi connectivity index (χ3n) is 3.12. The summed E-state index contributed by atoms with van der Waals surface area (Å²) in [7, 11) is 4.45. The summed E-state index contributed by atoms with van der Waals surface area (Å²) in [6.07, 6.45) is 2.64. The largest absolute Gasteiger partial charge is 0.292 e. The van der Waals surface area contributed by atoms with Crippen LogP contribution in [0.1, 0.15) is 26.7 Å². The highest BCUT2D eigenvalue weighted by Crippen LogP contribution is 2.22. The fraction of sp³-hybridized carbons (Fsp3) is 1.00. The maximum absolute atomic E-state index is 2.48. The second-order valence-electron chi connectivity index (χ2n) is 4.08. The van der Waals surface area contributed by atoms with Gasteiger partial charge in [-0.2, -0.15) is 0 Å². The van der Waals surface area contributed by atoms with Crippen molar-refractivity contribution in [1.29, 1.82) is 0 Å². The summed E-state index contributed by atoms with van der Waals surface area (Å²) in [5.41, 5.74) is 0. The molecule has 2 nitrogen and oxygen atoms in total. The first kappa shape index (κ1) is 10.0. The van der Waals surface area contributed by atoms with E-state index in [1.165, 1.54) is 19.4 Å². The molecule has 72 valence electrons. The molecule has 1 saturated heterocycles. The zero-order valence-electron chi connectivity index (χ0n) is 8.88. The fourth-order valence-corrected chi connectivity index (χ4v) is 2.34. The summed E-state index contributed by atoms with van der Waals surface area (Å²) in [5, 5.41) is 0. The Morgan fingerprint density at radius 1 is 1.25 bits per heavy atom. The molecule has 0 aliphatic carbocycles. The number of rotatable bonds is 3. The van der Waals surface area contributed by atoms with E-state index in [9.17, 15) is 0 Å². The molecule has 1 heterocycles. The topological polar surface area (TPSA) is 6.48 Å². The zero-order valence-corrected chi connectivity index (χ0v) is 8.88. The van der Waals surface area contributed by atoms with E-state index < -0.39 is 0 Å². The third kappa shape index (κ3) is 1.99. The van der Waals surface area contributed by atoms with Crippen LogP contribution in [0.4, 0.5) is 0 Å². The van der Waals surface area contributed by atoms with Crippen molar-refractivity contribution in [2.45, 2.75) is 32.7 Å². The highest BCUT2D eigenvalue weighted by molar-refractivity contribution is 4.83. The maximum atomic E-state index is 2.48. The van der Waals surface area contributed by atoms with Gasteiger partial charge in [-0.3, -0.25) is 9.80 Å². The number of hydrogen-bond acceptors (Lipinski definition) is 2. The summed E-state index contributed by atoms with van der Waals surface area (Å²) in [6.45, 7) is 7.00. The van der Waals surface area contributed by atoms with E-state index in [0.29, 0.717) is 0 Å². The molecule has 1 atom stereocenters. The molecule has 1 fully saturated rings. The molecule has 0 aromatic heterocycles. The van der Waals surface area contributed by atoms with E-state index in [0.717, 1.165) is 18.6 Å². The summed E-state index contributed by atoms with van der Waals surface area (Å²) < 4.78 is 0. The third-order valence-corrected chi connectivity index (χ3v) is 3.12. The lowest BCUT2D eigenvalue weighted by Gasteiger charge is -2.26. The van der Waals surface area contributed by atoms with Gasteiger partial charge in [-0.05, 0) is 20.0 Å². The molecule has 0 N–H and O–H groups in total. The Balaban J connectivity index is 2.50. The van der Waals surface area contributed by atoms with Gasteiger partial charge in [-0.1, -0.05) is 26.7 Å². The van der Waals surface area contributed by atoms with E-state index in [1.54, 1.807) is 0 Å². The quantitative estimate of drug-likeness (QED) is 0.635. The number of nitrogens with zero attached hydrogens (tertiary/aromatic N) is 2. The van der Waals surface area contributed by atoms with Crippen LogP contribution in [0.25, 0.3) is 0 Å². The maximum Gasteiger partial charge on any atom is 0.0504 e. The van der Waals surface area contributed by atoms with Crippen molar-refractivity contribution in [3.8, 4) is 0 Å². The van der Waals surface area contributed by atoms with Gasteiger partial charge in [0.1, 0.15) is 0 Å². The molecule has 0 aromatic rings. The lowest BCUT2D eigenvalue weighted by Crippen LogP contribution is -2.33. The van der Waals surface area contributed by atoms with Crippen molar-refractivity contribution in [2.24, 2.45) is 5.92 Å². The lowest BCUT2D eigenvalue weighted by molar-refractivity contribution is 0.221. The predicted molar refractivity (Wildman–Crippen MR) is 53.1 cm³/mol. The summed E-state index contributed by atoms with van der Waals surface area (Å²) in [5.74, 6) is 0.889. The second kappa shape index (κ2) is 4.24. The van der Waals surface area contributed by atoms with E-state index in [2.05, 4.69) is 37.7 Å². The molecule has 0 bridgehead atoms. The smallest absolute Gasteiger partial charge is 0.0504 e. The van der Waals surface area contributed by atoms with Crippen LogP contribution in [0.2, 0.25) is 0 Å². The summed E-state index contributed by atoms with van der Waals surface area (Å²) >= 11 is 0. The van der Waals surface area contributed by atoms with Crippen molar-refractivity contribution < 1.29 is 0 Å². The molecule has 0 saturated carbocycles. The average Bonchev–Trinajstić information content (AvgIpc) is 2.34. The lowest BCUT2D eigenvalue weighted by atomic mass is 9.94. The number of hydrogen-bond donors (Lipinski definition) is 0. The van der Waals surface area contributed by atoms with Crippen molar-refractivity contribution in [3.63, 3.8) is 0 Å². The first-order valence-corrected chi connectivity index (χ1v) is 5.07. The molecule has 1 aliphatic heterocycles. The molecular weight excluding hydrogens is 148 g/mol. The van der Waals surface area contributed by atoms with Crippen molar-refractivity contribution in [1.82, 2.24) is 9.80 Å². The second-order valence-corrected chi connectivity index (χ2v) is 4.08. The van der Waals surface area contributed by atoms with Gasteiger partial charge in [-0.15, -0.1) is 0 Å². The number of likely N-dealkylation sites (N-methyl/N-ethyl adjacent to an activating group) is 2. The first-order chi connectivity index (χ1) is 5.69. The van der Waals surface area contributed by atoms with Crippen molar-refractivity contribution >= 4 is 0 Å². The summed E-state index contributed by atoms with van der Waals surface area (Å²) in [4.78, 5) is 4.89. The van der Waals surface area contributed by atoms with Gasteiger partial charge in [0.05, 0.1) is 6.67 Å². The van der Waals surface area contributed by atoms with Crippen LogP contribution >= 0.6 is 0 Å². The zero-order chi connectivity index (χ0) is 9.14. The van der Waals surface area contributed by atoms with Crippen LogP contribution in [0.15, 0.2) is 0 Å². The Morgan fingerprint density at radius 3 is 2.17 bits per heavy atom. The van der Waals surface area contributed by atoms with Crippen molar-refractivity contribution in [2.75, 3.05) is 27.3 Å². The molecular formula is C10H22N2. The molecule has 0 aromatic carbocycles. The van der Waals surface area contributed by atoms with Crippen molar-refractivity contribution in [3.05, 3.63) is 0 Å². The Morgan fingerprint density at radius 2 is 1.83 bits per heavy atom. The van der Waals surface area contributed by atoms with Gasteiger partial charge in [0.15, 0.2) is 0 Å². The Kier molecular flexibility index (Phi) is 3.53. The van der Waals surface area contributed by atoms with Crippen LogP contribution < -0.4 is 0 Å². The Hall–Kier alpha value is -0.0800. The predicted octanol–water partition coefficient (Wildman–Crippen LogP) is 1.63. The minimum absolute atomic E-state index is 0.796. The van der Waals surface area contributed by atoms with E-state index >= 15 is 0 Å². The van der Waals surface area contributed by atoms with Crippen LogP contribution in [-0.4, -0.2) is 43.2 Å². The van der Waals surface area contributed by atoms with E-state index in [1.807, 2.05) is 0 Å². The van der Waals surface area contributed by atoms with Crippen LogP contribution in [0.3, 0.4) is 0 Å². The minimum Gasteiger partial charge on any atom is -0.292 e. The molecule has 1 rings (SSSR count). The molecule has 0 radical (unpaired) electrons. The average molecular weight is 170 g/mol. The van der Waals surface area contributed by atoms with Gasteiger partial charge in [-0.25, -0.2) is 0 Å². The van der Waals surface area contributed by atoms with Crippen LogP contribution in [0.5, 0.6) is 0 Å². The van der Waals surface area contributed by atoms with Gasteiger partial charge >= 0.3 is 0 Å². The molecule has 1 unspecified atom stereocenters. The van der Waals surface area contributed by atoms with E-state index in [-0.39, 0.29) is 0 Å². The molecule has 2 heteroatoms. The van der Waals surface area contributed by atoms with Gasteiger partial charge < -0.3 is 0 Å². The first-order valence-electron chi connectivity index (χ1n) is 5.07. The highest BCUT2D eigenvalue weighted by Gasteiger charge is 2.29. The molecule has 0 spiro atoms. The van der Waals surface area contributed by atoms with Crippen LogP contribution in [-0.2, 0) is 0 Å². The molecule has 12 heavy (non-hydrogen) atoms. The monoisotopic (exact) mass is 170 g/mol. The van der Waals surface area contributed by atoms with Gasteiger partial charge in [0.2, 0.25) is 0 Å². The van der Waals surface area contributed by atoms with E-state index in [4.69, 9.17) is 0 Å². The van der Waals surface area contributed by atoms with Crippen LogP contribution in [0, 0.1) is 5.92 Å². The highest BCUT2D eigenvalue weighted by atomic mass is 15.4. The molecule has 0 amide bonds. The Labute approximate surface area is 76.5 Å². The Bertz CT molecular complexity index is 132. The van der Waals surface area contributed by atoms with Gasteiger partial charge in [0, 0.05) is 12.6 Å². The fourth-order valence-electron chi connectivity index (χ4n) is 2.34. The van der Waals surface area contributed by atoms with Gasteiger partial charge in [0.25, 0.3) is 0 Å². The summed E-state index contributed by atoms with van der Waals surface area (Å²) in [6, 6.07) is 0.796. The minimum atomic E-state index is 0.796. The normalized spacial score (nSPS) is 27.2. The SMILES string of the molecule is CCC(CC)C1CN(C)CN1C. The molecule has 1 aliphatic rings. The standard InChI is InChI=1S/C10H22N2/c1-5-9(6-2)10-7-11(3)8-12(10)4/h9-10H,5-8H2,1-4H3.